The number of allylic oxidation sites excluding steroid dienone is 2. The average molecular weight is 412 g/mol. The number of methoxy groups -OCH3 is 2. The Bertz CT molecular complexity index is 941. The lowest BCUT2D eigenvalue weighted by Gasteiger charge is -2.31. The molecule has 0 atom stereocenters. The van der Waals surface area contributed by atoms with Gasteiger partial charge in [0.1, 0.15) is 5.70 Å². The zero-order valence-corrected chi connectivity index (χ0v) is 17.0. The minimum Gasteiger partial charge on any atom is -0.478 e. The van der Waals surface area contributed by atoms with Crippen LogP contribution in [0.1, 0.15) is 29.6 Å². The predicted octanol–water partition coefficient (Wildman–Crippen LogP) is 2.87. The van der Waals surface area contributed by atoms with Gasteiger partial charge in [0.25, 0.3) is 0 Å². The number of hydrogen-bond acceptors (Lipinski definition) is 7. The van der Waals surface area contributed by atoms with Crippen LogP contribution in [-0.4, -0.2) is 50.3 Å². The molecule has 2 aliphatic heterocycles. The fourth-order valence-corrected chi connectivity index (χ4v) is 3.62. The van der Waals surface area contributed by atoms with Crippen molar-refractivity contribution in [2.75, 3.05) is 37.1 Å². The Hall–Kier alpha value is -3.55. The smallest absolute Gasteiger partial charge is 0.355 e. The number of ether oxygens (including phenoxy) is 2. The highest BCUT2D eigenvalue weighted by atomic mass is 16.5. The Morgan fingerprint density at radius 2 is 1.67 bits per heavy atom. The van der Waals surface area contributed by atoms with Crippen molar-refractivity contribution in [1.29, 1.82) is 0 Å². The molecule has 0 saturated carbocycles. The summed E-state index contributed by atoms with van der Waals surface area (Å²) in [6, 6.07) is 4.96. The molecule has 158 valence electrons. The monoisotopic (exact) mass is 412 g/mol. The van der Waals surface area contributed by atoms with Gasteiger partial charge in [0.15, 0.2) is 0 Å². The second-order valence-electron chi connectivity index (χ2n) is 6.87. The summed E-state index contributed by atoms with van der Waals surface area (Å²) in [7, 11) is 2.43. The van der Waals surface area contributed by atoms with Crippen LogP contribution in [0.4, 0.5) is 11.4 Å². The molecular weight excluding hydrogens is 388 g/mol. The minimum atomic E-state index is -1.06. The third-order valence-corrected chi connectivity index (χ3v) is 5.07. The second kappa shape index (κ2) is 9.30. The van der Waals surface area contributed by atoms with Gasteiger partial charge in [-0.25, -0.2) is 14.4 Å². The molecule has 0 unspecified atom stereocenters. The van der Waals surface area contributed by atoms with Gasteiger partial charge in [-0.3, -0.25) is 0 Å². The average Bonchev–Trinajstić information content (AvgIpc) is 3.01. The fourth-order valence-electron chi connectivity index (χ4n) is 3.62. The number of benzene rings is 1. The molecule has 1 aromatic carbocycles. The first kappa shape index (κ1) is 21.2. The second-order valence-corrected chi connectivity index (χ2v) is 6.87. The molecule has 0 aliphatic carbocycles. The molecule has 0 spiro atoms. The standard InChI is InChI=1S/C22H24N2O6/c1-29-21(27)16-8-4-7-13-24(19(16)22(28)30-2)15-9-10-18(17(14-15)20(25)26)23-11-5-3-6-12-23/h4,7-10,13-14H,3,5-6,11-12H2,1-2H3,(H,25,26). The third-order valence-electron chi connectivity index (χ3n) is 5.07. The molecule has 8 heteroatoms. The largest absolute Gasteiger partial charge is 0.478 e. The van der Waals surface area contributed by atoms with E-state index in [0.29, 0.717) is 11.4 Å². The third kappa shape index (κ3) is 4.22. The number of carbonyl (C=O) groups excluding carboxylic acids is 2. The van der Waals surface area contributed by atoms with Crippen LogP contribution in [0.3, 0.4) is 0 Å². The van der Waals surface area contributed by atoms with Crippen molar-refractivity contribution in [2.45, 2.75) is 19.3 Å². The van der Waals surface area contributed by atoms with Crippen LogP contribution in [0.25, 0.3) is 0 Å². The van der Waals surface area contributed by atoms with E-state index in [1.165, 1.54) is 31.3 Å². The topological polar surface area (TPSA) is 96.4 Å². The number of rotatable bonds is 5. The molecule has 1 aromatic rings. The van der Waals surface area contributed by atoms with Gasteiger partial charge >= 0.3 is 17.9 Å². The number of carboxylic acid groups (broad SMARTS) is 1. The zero-order chi connectivity index (χ0) is 21.7. The number of aromatic carboxylic acids is 1. The van der Waals surface area contributed by atoms with Crippen LogP contribution in [0.2, 0.25) is 0 Å². The first-order valence-electron chi connectivity index (χ1n) is 9.65. The van der Waals surface area contributed by atoms with Gasteiger partial charge in [0.2, 0.25) is 0 Å². The van der Waals surface area contributed by atoms with Crippen molar-refractivity contribution < 1.29 is 29.0 Å². The van der Waals surface area contributed by atoms with Gasteiger partial charge in [-0.1, -0.05) is 6.08 Å². The maximum atomic E-state index is 12.5. The first-order chi connectivity index (χ1) is 14.5. The van der Waals surface area contributed by atoms with E-state index in [1.54, 1.807) is 30.5 Å². The normalized spacial score (nSPS) is 16.3. The molecule has 0 bridgehead atoms. The molecule has 3 rings (SSSR count). The van der Waals surface area contributed by atoms with E-state index in [-0.39, 0.29) is 16.8 Å². The maximum Gasteiger partial charge on any atom is 0.355 e. The number of nitrogens with zero attached hydrogens (tertiary/aromatic N) is 2. The summed E-state index contributed by atoms with van der Waals surface area (Å²) in [5, 5.41) is 9.82. The van der Waals surface area contributed by atoms with Gasteiger partial charge in [0.05, 0.1) is 31.0 Å². The number of esters is 2. The van der Waals surface area contributed by atoms with Crippen molar-refractivity contribution in [3.05, 3.63) is 59.5 Å². The van der Waals surface area contributed by atoms with Gasteiger partial charge in [-0.15, -0.1) is 0 Å². The molecule has 2 aliphatic rings. The van der Waals surface area contributed by atoms with Gasteiger partial charge < -0.3 is 24.4 Å². The summed E-state index contributed by atoms with van der Waals surface area (Å²) >= 11 is 0. The first-order valence-corrected chi connectivity index (χ1v) is 9.65. The highest BCUT2D eigenvalue weighted by Crippen LogP contribution is 2.32. The summed E-state index contributed by atoms with van der Waals surface area (Å²) < 4.78 is 9.68. The maximum absolute atomic E-state index is 12.5. The SMILES string of the molecule is COC(=O)C1=C(C(=O)OC)N(c2ccc(N3CCCCC3)c(C(=O)O)c2)C=CC=C1. The lowest BCUT2D eigenvalue weighted by molar-refractivity contribution is -0.139. The van der Waals surface area contributed by atoms with E-state index >= 15 is 0 Å². The van der Waals surface area contributed by atoms with Crippen molar-refractivity contribution in [3.8, 4) is 0 Å². The Morgan fingerprint density at radius 3 is 2.30 bits per heavy atom. The molecule has 0 radical (unpaired) electrons. The van der Waals surface area contributed by atoms with Gasteiger partial charge in [0, 0.05) is 25.0 Å². The van der Waals surface area contributed by atoms with Crippen LogP contribution in [0, 0.1) is 0 Å². The van der Waals surface area contributed by atoms with E-state index in [1.807, 2.05) is 0 Å². The van der Waals surface area contributed by atoms with E-state index in [4.69, 9.17) is 9.47 Å². The van der Waals surface area contributed by atoms with E-state index in [0.717, 1.165) is 32.4 Å². The van der Waals surface area contributed by atoms with Crippen molar-refractivity contribution in [3.63, 3.8) is 0 Å². The van der Waals surface area contributed by atoms with Crippen LogP contribution in [0.15, 0.2) is 53.9 Å². The van der Waals surface area contributed by atoms with Gasteiger partial charge in [-0.2, -0.15) is 0 Å². The molecule has 30 heavy (non-hydrogen) atoms. The van der Waals surface area contributed by atoms with Crippen molar-refractivity contribution in [2.24, 2.45) is 0 Å². The van der Waals surface area contributed by atoms with Crippen LogP contribution in [0.5, 0.6) is 0 Å². The summed E-state index contributed by atoms with van der Waals surface area (Å²) in [6.07, 6.45) is 9.41. The van der Waals surface area contributed by atoms with Crippen LogP contribution in [-0.2, 0) is 19.1 Å². The van der Waals surface area contributed by atoms with E-state index in [2.05, 4.69) is 4.90 Å². The van der Waals surface area contributed by atoms with E-state index < -0.39 is 17.9 Å². The van der Waals surface area contributed by atoms with Crippen molar-refractivity contribution in [1.82, 2.24) is 0 Å². The lowest BCUT2D eigenvalue weighted by atomic mass is 10.1. The Balaban J connectivity index is 2.12. The molecule has 0 aromatic heterocycles. The predicted molar refractivity (Wildman–Crippen MR) is 111 cm³/mol. The fraction of sp³-hybridized carbons (Fsp3) is 0.318. The molecule has 8 nitrogen and oxygen atoms in total. The number of carboxylic acids is 1. The van der Waals surface area contributed by atoms with Gasteiger partial charge in [-0.05, 0) is 49.6 Å². The highest BCUT2D eigenvalue weighted by molar-refractivity contribution is 6.06. The molecule has 1 N–H and O–H groups in total. The molecule has 1 saturated heterocycles. The number of anilines is 2. The quantitative estimate of drug-likeness (QED) is 0.738. The molecule has 1 fully saturated rings. The molecular formula is C22H24N2O6. The summed E-state index contributed by atoms with van der Waals surface area (Å²) in [5.74, 6) is -2.52. The number of hydrogen-bond donors (Lipinski definition) is 1. The lowest BCUT2D eigenvalue weighted by Crippen LogP contribution is -2.31. The highest BCUT2D eigenvalue weighted by Gasteiger charge is 2.28. The summed E-state index contributed by atoms with van der Waals surface area (Å²) in [4.78, 5) is 40.3. The Labute approximate surface area is 174 Å². The molecule has 2 heterocycles. The van der Waals surface area contributed by atoms with Crippen molar-refractivity contribution >= 4 is 29.3 Å². The Morgan fingerprint density at radius 1 is 0.967 bits per heavy atom. The minimum absolute atomic E-state index is 0.00586. The number of piperidine rings is 1. The summed E-state index contributed by atoms with van der Waals surface area (Å²) in [5.41, 5.74) is 1.13. The molecule has 0 amide bonds. The van der Waals surface area contributed by atoms with Crippen LogP contribution >= 0.6 is 0 Å². The zero-order valence-electron chi connectivity index (χ0n) is 17.0. The van der Waals surface area contributed by atoms with E-state index in [9.17, 15) is 19.5 Å². The summed E-state index contributed by atoms with van der Waals surface area (Å²) in [6.45, 7) is 1.60. The van der Waals surface area contributed by atoms with Crippen LogP contribution < -0.4 is 9.80 Å². The Kier molecular flexibility index (Phi) is 6.56. The number of carbonyl (C=O) groups is 3.